The van der Waals surface area contributed by atoms with E-state index in [9.17, 15) is 9.59 Å². The number of rotatable bonds is 5. The van der Waals surface area contributed by atoms with Gasteiger partial charge in [0.05, 0.1) is 16.9 Å². The second kappa shape index (κ2) is 9.40. The van der Waals surface area contributed by atoms with Crippen molar-refractivity contribution in [3.63, 3.8) is 0 Å². The number of aryl methyl sites for hydroxylation is 1. The number of nitrogens with one attached hydrogen (secondary N) is 2. The van der Waals surface area contributed by atoms with Crippen LogP contribution >= 0.6 is 0 Å². The van der Waals surface area contributed by atoms with E-state index in [1.807, 2.05) is 67.6 Å². The van der Waals surface area contributed by atoms with Crippen LogP contribution in [0.4, 0.5) is 0 Å². The summed E-state index contributed by atoms with van der Waals surface area (Å²) in [6, 6.07) is 24.0. The molecule has 5 rings (SSSR count). The Morgan fingerprint density at radius 1 is 0.829 bits per heavy atom. The summed E-state index contributed by atoms with van der Waals surface area (Å²) in [5, 5.41) is 15.7. The molecule has 2 amide bonds. The highest BCUT2D eigenvalue weighted by Crippen LogP contribution is 2.23. The molecule has 0 fully saturated rings. The Hall–Kier alpha value is -5.12. The van der Waals surface area contributed by atoms with Crippen molar-refractivity contribution in [2.24, 2.45) is 0 Å². The number of carbonyl (C=O) groups is 2. The maximum atomic E-state index is 13.1. The van der Waals surface area contributed by atoms with E-state index in [1.165, 1.54) is 11.0 Å². The van der Waals surface area contributed by atoms with E-state index in [4.69, 9.17) is 0 Å². The van der Waals surface area contributed by atoms with Gasteiger partial charge in [0.25, 0.3) is 11.8 Å². The maximum absolute atomic E-state index is 13.1. The van der Waals surface area contributed by atoms with Gasteiger partial charge in [-0.3, -0.25) is 20.4 Å². The predicted molar refractivity (Wildman–Crippen MR) is 128 cm³/mol. The lowest BCUT2D eigenvalue weighted by Crippen LogP contribution is -2.41. The summed E-state index contributed by atoms with van der Waals surface area (Å²) in [4.78, 5) is 25.8. The van der Waals surface area contributed by atoms with Gasteiger partial charge in [0.15, 0.2) is 0 Å². The molecular weight excluding hydrogens is 444 g/mol. The van der Waals surface area contributed by atoms with Gasteiger partial charge in [0, 0.05) is 17.3 Å². The highest BCUT2D eigenvalue weighted by atomic mass is 16.2. The fourth-order valence-electron chi connectivity index (χ4n) is 3.64. The average Bonchev–Trinajstić information content (AvgIpc) is 3.59. The zero-order valence-electron chi connectivity index (χ0n) is 18.7. The molecule has 0 aliphatic carbocycles. The monoisotopic (exact) mass is 464 g/mol. The molecule has 0 unspecified atom stereocenters. The van der Waals surface area contributed by atoms with Crippen LogP contribution in [0.15, 0.2) is 91.4 Å². The second-order valence-corrected chi connectivity index (χ2v) is 7.70. The van der Waals surface area contributed by atoms with Gasteiger partial charge in [0.2, 0.25) is 0 Å². The first-order chi connectivity index (χ1) is 17.1. The van der Waals surface area contributed by atoms with Crippen molar-refractivity contribution >= 4 is 11.8 Å². The van der Waals surface area contributed by atoms with Gasteiger partial charge in [-0.15, -0.1) is 5.10 Å². The van der Waals surface area contributed by atoms with Crippen LogP contribution in [0.2, 0.25) is 0 Å². The molecule has 0 saturated heterocycles. The third-order valence-electron chi connectivity index (χ3n) is 5.37. The average molecular weight is 464 g/mol. The van der Waals surface area contributed by atoms with Gasteiger partial charge in [-0.25, -0.2) is 9.36 Å². The number of carbonyl (C=O) groups excluding carboxylic acids is 2. The predicted octanol–water partition coefficient (Wildman–Crippen LogP) is 2.90. The number of tetrazole rings is 1. The number of hydrogen-bond donors (Lipinski definition) is 2. The summed E-state index contributed by atoms with van der Waals surface area (Å²) in [5.74, 6) is -0.942. The number of benzene rings is 3. The summed E-state index contributed by atoms with van der Waals surface area (Å²) in [6.45, 7) is 1.84. The molecule has 0 saturated carbocycles. The minimum absolute atomic E-state index is 0.325. The molecule has 10 heteroatoms. The first kappa shape index (κ1) is 21.7. The Kier molecular flexibility index (Phi) is 5.83. The Morgan fingerprint density at radius 2 is 1.54 bits per heavy atom. The first-order valence-corrected chi connectivity index (χ1v) is 10.8. The molecule has 0 aliphatic heterocycles. The lowest BCUT2D eigenvalue weighted by molar-refractivity contribution is 0.0847. The van der Waals surface area contributed by atoms with Crippen molar-refractivity contribution in [1.82, 2.24) is 40.8 Å². The molecule has 0 aliphatic rings. The van der Waals surface area contributed by atoms with Crippen LogP contribution in [0.1, 0.15) is 26.3 Å². The van der Waals surface area contributed by atoms with E-state index < -0.39 is 11.8 Å². The number of para-hydroxylation sites is 1. The maximum Gasteiger partial charge on any atom is 0.273 e. The standard InChI is InChI=1S/C25H20N8O2/c1-17-14-19(12-13-22(17)33-16-26-30-31-33)24(34)27-28-25(35)21-15-32(20-10-6-3-7-11-20)29-23(21)18-8-4-2-5-9-18/h2-16H,1H3,(H,27,34)(H,28,35). The molecule has 3 aromatic carbocycles. The molecule has 35 heavy (non-hydrogen) atoms. The van der Waals surface area contributed by atoms with Gasteiger partial charge < -0.3 is 0 Å². The first-order valence-electron chi connectivity index (χ1n) is 10.8. The number of amides is 2. The minimum Gasteiger partial charge on any atom is -0.267 e. The van der Waals surface area contributed by atoms with Crippen molar-refractivity contribution in [3.05, 3.63) is 108 Å². The molecule has 5 aromatic rings. The van der Waals surface area contributed by atoms with Crippen molar-refractivity contribution in [2.75, 3.05) is 0 Å². The molecule has 0 bridgehead atoms. The van der Waals surface area contributed by atoms with E-state index in [0.29, 0.717) is 16.8 Å². The number of hydrogen-bond acceptors (Lipinski definition) is 6. The molecule has 0 spiro atoms. The van der Waals surface area contributed by atoms with Gasteiger partial charge in [-0.1, -0.05) is 48.5 Å². The molecule has 0 radical (unpaired) electrons. The summed E-state index contributed by atoms with van der Waals surface area (Å²) in [6.07, 6.45) is 3.12. The van der Waals surface area contributed by atoms with E-state index in [-0.39, 0.29) is 0 Å². The number of nitrogens with zero attached hydrogens (tertiary/aromatic N) is 6. The third-order valence-corrected chi connectivity index (χ3v) is 5.37. The highest BCUT2D eigenvalue weighted by molar-refractivity contribution is 6.02. The normalized spacial score (nSPS) is 10.7. The van der Waals surface area contributed by atoms with Crippen LogP contribution in [0.3, 0.4) is 0 Å². The molecule has 2 heterocycles. The van der Waals surface area contributed by atoms with Crippen LogP contribution in [0, 0.1) is 6.92 Å². The SMILES string of the molecule is Cc1cc(C(=O)NNC(=O)c2cn(-c3ccccc3)nc2-c2ccccc2)ccc1-n1cnnn1. The second-order valence-electron chi connectivity index (χ2n) is 7.70. The highest BCUT2D eigenvalue weighted by Gasteiger charge is 2.19. The molecule has 172 valence electrons. The summed E-state index contributed by atoms with van der Waals surface area (Å²) in [7, 11) is 0. The Labute approximate surface area is 200 Å². The van der Waals surface area contributed by atoms with Crippen molar-refractivity contribution in [2.45, 2.75) is 6.92 Å². The molecule has 10 nitrogen and oxygen atoms in total. The van der Waals surface area contributed by atoms with E-state index in [1.54, 1.807) is 29.1 Å². The fourth-order valence-corrected chi connectivity index (χ4v) is 3.64. The van der Waals surface area contributed by atoms with Crippen molar-refractivity contribution in [1.29, 1.82) is 0 Å². The lowest BCUT2D eigenvalue weighted by atomic mass is 10.1. The third kappa shape index (κ3) is 4.53. The zero-order valence-corrected chi connectivity index (χ0v) is 18.7. The fraction of sp³-hybridized carbons (Fsp3) is 0.0400. The van der Waals surface area contributed by atoms with E-state index in [0.717, 1.165) is 22.5 Å². The van der Waals surface area contributed by atoms with E-state index >= 15 is 0 Å². The Morgan fingerprint density at radius 3 is 2.23 bits per heavy atom. The molecular formula is C25H20N8O2. The van der Waals surface area contributed by atoms with Crippen LogP contribution in [-0.4, -0.2) is 41.8 Å². The van der Waals surface area contributed by atoms with Crippen molar-refractivity contribution in [3.8, 4) is 22.6 Å². The van der Waals surface area contributed by atoms with Crippen molar-refractivity contribution < 1.29 is 9.59 Å². The van der Waals surface area contributed by atoms with Gasteiger partial charge >= 0.3 is 0 Å². The van der Waals surface area contributed by atoms with Gasteiger partial charge in [0.1, 0.15) is 12.0 Å². The quantitative estimate of drug-likeness (QED) is 0.386. The summed E-state index contributed by atoms with van der Waals surface area (Å²) >= 11 is 0. The molecule has 2 N–H and O–H groups in total. The van der Waals surface area contributed by atoms with Crippen LogP contribution in [0.5, 0.6) is 0 Å². The topological polar surface area (TPSA) is 120 Å². The molecule has 0 atom stereocenters. The summed E-state index contributed by atoms with van der Waals surface area (Å²) < 4.78 is 3.15. The van der Waals surface area contributed by atoms with E-state index in [2.05, 4.69) is 31.5 Å². The number of hydrazine groups is 1. The summed E-state index contributed by atoms with van der Waals surface area (Å²) in [5.41, 5.74) is 9.33. The Bertz CT molecular complexity index is 1480. The van der Waals surface area contributed by atoms with Gasteiger partial charge in [-0.2, -0.15) is 5.10 Å². The molecule has 2 aromatic heterocycles. The lowest BCUT2D eigenvalue weighted by Gasteiger charge is -2.10. The Balaban J connectivity index is 1.36. The van der Waals surface area contributed by atoms with Gasteiger partial charge in [-0.05, 0) is 53.2 Å². The largest absolute Gasteiger partial charge is 0.273 e. The zero-order chi connectivity index (χ0) is 24.2. The smallest absolute Gasteiger partial charge is 0.267 e. The minimum atomic E-state index is -0.485. The van der Waals surface area contributed by atoms with Crippen LogP contribution < -0.4 is 10.9 Å². The van der Waals surface area contributed by atoms with Crippen LogP contribution in [-0.2, 0) is 0 Å². The number of aromatic nitrogens is 6. The van der Waals surface area contributed by atoms with Crippen LogP contribution in [0.25, 0.3) is 22.6 Å².